The Bertz CT molecular complexity index is 552. The summed E-state index contributed by atoms with van der Waals surface area (Å²) in [4.78, 5) is 4.35. The van der Waals surface area contributed by atoms with Crippen molar-refractivity contribution in [2.75, 3.05) is 13.6 Å². The summed E-state index contributed by atoms with van der Waals surface area (Å²) in [6.45, 7) is 9.53. The van der Waals surface area contributed by atoms with Crippen molar-refractivity contribution in [2.45, 2.75) is 85.2 Å². The zero-order chi connectivity index (χ0) is 18.1. The maximum absolute atomic E-state index is 4.37. The lowest BCUT2D eigenvalue weighted by Crippen LogP contribution is -2.42. The Morgan fingerprint density at radius 3 is 2.69 bits per heavy atom. The number of guanidine groups is 1. The van der Waals surface area contributed by atoms with E-state index < -0.39 is 0 Å². The van der Waals surface area contributed by atoms with Crippen LogP contribution in [0.2, 0.25) is 0 Å². The largest absolute Gasteiger partial charge is 0.356 e. The molecule has 2 rings (SSSR count). The number of rotatable bonds is 8. The van der Waals surface area contributed by atoms with Crippen molar-refractivity contribution in [1.82, 2.24) is 25.4 Å². The second kappa shape index (κ2) is 11.8. The highest BCUT2D eigenvalue weighted by Crippen LogP contribution is 2.22. The molecular weight excluding hydrogens is 439 g/mol. The molecule has 0 unspecified atom stereocenters. The van der Waals surface area contributed by atoms with Crippen molar-refractivity contribution < 1.29 is 0 Å². The number of aryl methyl sites for hydroxylation is 1. The van der Waals surface area contributed by atoms with Gasteiger partial charge in [0.15, 0.2) is 11.8 Å². The molecular formula is C19H37IN6. The molecule has 0 fully saturated rings. The first-order valence-electron chi connectivity index (χ1n) is 9.91. The second-order valence-corrected chi connectivity index (χ2v) is 7.90. The van der Waals surface area contributed by atoms with Gasteiger partial charge < -0.3 is 15.2 Å². The number of nitrogens with one attached hydrogen (secondary N) is 2. The van der Waals surface area contributed by atoms with Crippen LogP contribution in [0.25, 0.3) is 0 Å². The van der Waals surface area contributed by atoms with Crippen molar-refractivity contribution in [3.8, 4) is 0 Å². The monoisotopic (exact) mass is 476 g/mol. The van der Waals surface area contributed by atoms with E-state index in [0.717, 1.165) is 37.1 Å². The van der Waals surface area contributed by atoms with Crippen molar-refractivity contribution >= 4 is 29.9 Å². The fourth-order valence-electron chi connectivity index (χ4n) is 3.32. The third kappa shape index (κ3) is 7.40. The molecule has 1 aromatic rings. The van der Waals surface area contributed by atoms with Crippen LogP contribution in [0.15, 0.2) is 4.99 Å². The lowest BCUT2D eigenvalue weighted by Gasteiger charge is -2.26. The van der Waals surface area contributed by atoms with Crippen LogP contribution in [-0.2, 0) is 19.5 Å². The first kappa shape index (κ1) is 23.2. The van der Waals surface area contributed by atoms with E-state index >= 15 is 0 Å². The summed E-state index contributed by atoms with van der Waals surface area (Å²) in [5, 5.41) is 15.6. The molecule has 2 N–H and O–H groups in total. The first-order valence-corrected chi connectivity index (χ1v) is 9.91. The highest BCUT2D eigenvalue weighted by atomic mass is 127. The van der Waals surface area contributed by atoms with Gasteiger partial charge in [-0.3, -0.25) is 4.99 Å². The minimum Gasteiger partial charge on any atom is -0.356 e. The molecule has 0 saturated carbocycles. The summed E-state index contributed by atoms with van der Waals surface area (Å²) in [7, 11) is 1.82. The van der Waals surface area contributed by atoms with E-state index in [1.807, 2.05) is 7.05 Å². The Labute approximate surface area is 176 Å². The topological polar surface area (TPSA) is 67.1 Å². The quantitative estimate of drug-likeness (QED) is 0.259. The fraction of sp³-hybridized carbons (Fsp3) is 0.842. The van der Waals surface area contributed by atoms with Crippen LogP contribution in [0, 0.1) is 5.41 Å². The summed E-state index contributed by atoms with van der Waals surface area (Å²) >= 11 is 0. The van der Waals surface area contributed by atoms with E-state index in [9.17, 15) is 0 Å². The second-order valence-electron chi connectivity index (χ2n) is 7.90. The van der Waals surface area contributed by atoms with Crippen LogP contribution in [0.4, 0.5) is 0 Å². The number of unbranched alkanes of at least 4 members (excludes halogenated alkanes) is 2. The fourth-order valence-corrected chi connectivity index (χ4v) is 3.32. The molecule has 1 aliphatic heterocycles. The summed E-state index contributed by atoms with van der Waals surface area (Å²) in [5.74, 6) is 2.99. The minimum absolute atomic E-state index is 0. The number of nitrogens with zero attached hydrogens (tertiary/aromatic N) is 4. The normalized spacial score (nSPS) is 15.0. The molecule has 0 aromatic carbocycles. The molecule has 26 heavy (non-hydrogen) atoms. The van der Waals surface area contributed by atoms with E-state index in [-0.39, 0.29) is 29.4 Å². The van der Waals surface area contributed by atoms with Crippen LogP contribution < -0.4 is 10.6 Å². The van der Waals surface area contributed by atoms with Gasteiger partial charge >= 0.3 is 0 Å². The lowest BCUT2D eigenvalue weighted by molar-refractivity contribution is 0.318. The van der Waals surface area contributed by atoms with E-state index in [1.165, 1.54) is 44.9 Å². The van der Waals surface area contributed by atoms with Crippen LogP contribution in [0.1, 0.15) is 77.4 Å². The van der Waals surface area contributed by atoms with Gasteiger partial charge in [0.1, 0.15) is 5.82 Å². The molecule has 0 saturated heterocycles. The molecule has 0 bridgehead atoms. The highest BCUT2D eigenvalue weighted by molar-refractivity contribution is 14.0. The molecule has 0 atom stereocenters. The first-order chi connectivity index (χ1) is 12.1. The summed E-state index contributed by atoms with van der Waals surface area (Å²) < 4.78 is 2.28. The number of hydrogen-bond donors (Lipinski definition) is 2. The highest BCUT2D eigenvalue weighted by Gasteiger charge is 2.18. The van der Waals surface area contributed by atoms with Gasteiger partial charge in [-0.15, -0.1) is 34.2 Å². The number of halogens is 1. The van der Waals surface area contributed by atoms with Gasteiger partial charge in [-0.2, -0.15) is 0 Å². The van der Waals surface area contributed by atoms with E-state index in [1.54, 1.807) is 0 Å². The minimum atomic E-state index is 0. The summed E-state index contributed by atoms with van der Waals surface area (Å²) in [5.41, 5.74) is 0.277. The van der Waals surface area contributed by atoms with Crippen LogP contribution in [0.5, 0.6) is 0 Å². The summed E-state index contributed by atoms with van der Waals surface area (Å²) in [6.07, 6.45) is 9.90. The lowest BCUT2D eigenvalue weighted by atomic mass is 9.87. The number of aliphatic imine (C=N–C) groups is 1. The van der Waals surface area contributed by atoms with Gasteiger partial charge in [0.25, 0.3) is 0 Å². The standard InChI is InChI=1S/C19H36N6.HI/c1-5-6-9-12-19(2,3)15-22-18(20-4)21-14-17-24-23-16-11-8-7-10-13-25(16)17;/h5-15H2,1-4H3,(H2,20,21,22);1H. The maximum atomic E-state index is 4.37. The molecule has 7 heteroatoms. The number of fused-ring (bicyclic) bond motifs is 1. The Morgan fingerprint density at radius 2 is 1.96 bits per heavy atom. The van der Waals surface area contributed by atoms with Gasteiger partial charge in [-0.1, -0.05) is 46.5 Å². The van der Waals surface area contributed by atoms with Crippen molar-refractivity contribution in [3.63, 3.8) is 0 Å². The molecule has 0 radical (unpaired) electrons. The third-order valence-electron chi connectivity index (χ3n) is 5.02. The third-order valence-corrected chi connectivity index (χ3v) is 5.02. The molecule has 2 heterocycles. The molecule has 150 valence electrons. The molecule has 0 aliphatic carbocycles. The van der Waals surface area contributed by atoms with Gasteiger partial charge in [0.2, 0.25) is 0 Å². The van der Waals surface area contributed by atoms with Gasteiger partial charge in [-0.05, 0) is 24.7 Å². The molecule has 1 aliphatic rings. The van der Waals surface area contributed by atoms with E-state index in [4.69, 9.17) is 0 Å². The Balaban J connectivity index is 0.00000338. The van der Waals surface area contributed by atoms with Crippen LogP contribution in [-0.4, -0.2) is 34.3 Å². The molecule has 0 spiro atoms. The Kier molecular flexibility index (Phi) is 10.5. The summed E-state index contributed by atoms with van der Waals surface area (Å²) in [6, 6.07) is 0. The number of hydrogen-bond acceptors (Lipinski definition) is 3. The molecule has 0 amide bonds. The van der Waals surface area contributed by atoms with Gasteiger partial charge in [0, 0.05) is 26.6 Å². The van der Waals surface area contributed by atoms with E-state index in [0.29, 0.717) is 6.54 Å². The number of aromatic nitrogens is 3. The van der Waals surface area contributed by atoms with Crippen molar-refractivity contribution in [2.24, 2.45) is 10.4 Å². The zero-order valence-electron chi connectivity index (χ0n) is 17.0. The van der Waals surface area contributed by atoms with Crippen molar-refractivity contribution in [1.29, 1.82) is 0 Å². The molecule has 1 aromatic heterocycles. The Morgan fingerprint density at radius 1 is 1.15 bits per heavy atom. The maximum Gasteiger partial charge on any atom is 0.191 e. The average Bonchev–Trinajstić information content (AvgIpc) is 2.82. The van der Waals surface area contributed by atoms with E-state index in [2.05, 4.69) is 51.2 Å². The van der Waals surface area contributed by atoms with Crippen LogP contribution in [0.3, 0.4) is 0 Å². The van der Waals surface area contributed by atoms with Gasteiger partial charge in [-0.25, -0.2) is 0 Å². The average molecular weight is 476 g/mol. The smallest absolute Gasteiger partial charge is 0.191 e. The Hall–Kier alpha value is -0.860. The van der Waals surface area contributed by atoms with Crippen molar-refractivity contribution in [3.05, 3.63) is 11.6 Å². The molecule has 6 nitrogen and oxygen atoms in total. The predicted octanol–water partition coefficient (Wildman–Crippen LogP) is 3.89. The SMILES string of the molecule is CCCCCC(C)(C)CNC(=NC)NCc1nnc2n1CCCCC2.I. The van der Waals surface area contributed by atoms with Gasteiger partial charge in [0.05, 0.1) is 6.54 Å². The van der Waals surface area contributed by atoms with Crippen LogP contribution >= 0.6 is 24.0 Å². The zero-order valence-corrected chi connectivity index (χ0v) is 19.3. The predicted molar refractivity (Wildman–Crippen MR) is 119 cm³/mol.